The highest BCUT2D eigenvalue weighted by Crippen LogP contribution is 2.34. The summed E-state index contributed by atoms with van der Waals surface area (Å²) in [6, 6.07) is 19.0. The zero-order chi connectivity index (χ0) is 23.4. The topological polar surface area (TPSA) is 77.8 Å². The minimum absolute atomic E-state index is 0.00670. The standard InChI is InChI=1S/C25H19BrClNO5/c1-2-31-21-11-10-15(12-19(21)27)24(30)25-23(18-8-3-4-9-20(18)33-25)28-22(29)14-32-17-7-5-6-16(26)13-17/h3-13H,2,14H2,1H3,(H,28,29). The number of para-hydroxylation sites is 1. The van der Waals surface area contributed by atoms with Gasteiger partial charge in [0.25, 0.3) is 5.91 Å². The number of ketones is 1. The fourth-order valence-corrected chi connectivity index (χ4v) is 3.87. The number of amides is 1. The molecule has 0 fully saturated rings. The second kappa shape index (κ2) is 10.1. The lowest BCUT2D eigenvalue weighted by atomic mass is 10.1. The third-order valence-corrected chi connectivity index (χ3v) is 5.51. The van der Waals surface area contributed by atoms with Crippen LogP contribution in [0.1, 0.15) is 23.0 Å². The molecule has 0 aliphatic heterocycles. The van der Waals surface area contributed by atoms with Crippen molar-refractivity contribution in [3.63, 3.8) is 0 Å². The second-order valence-electron chi connectivity index (χ2n) is 7.00. The molecule has 6 nitrogen and oxygen atoms in total. The quantitative estimate of drug-likeness (QED) is 0.264. The van der Waals surface area contributed by atoms with Crippen molar-refractivity contribution < 1.29 is 23.5 Å². The Bertz CT molecular complexity index is 1330. The summed E-state index contributed by atoms with van der Waals surface area (Å²) < 4.78 is 17.7. The molecule has 1 aromatic heterocycles. The first-order valence-electron chi connectivity index (χ1n) is 10.1. The number of hydrogen-bond donors (Lipinski definition) is 1. The van der Waals surface area contributed by atoms with Crippen molar-refractivity contribution >= 4 is 55.9 Å². The van der Waals surface area contributed by atoms with Crippen LogP contribution in [0.4, 0.5) is 5.69 Å². The Hall–Kier alpha value is -3.29. The first-order chi connectivity index (χ1) is 16.0. The minimum Gasteiger partial charge on any atom is -0.492 e. The average Bonchev–Trinajstić information content (AvgIpc) is 3.17. The summed E-state index contributed by atoms with van der Waals surface area (Å²) in [5.74, 6) is 0.183. The molecule has 0 aliphatic rings. The molecule has 8 heteroatoms. The van der Waals surface area contributed by atoms with E-state index < -0.39 is 11.7 Å². The number of fused-ring (bicyclic) bond motifs is 1. The third-order valence-electron chi connectivity index (χ3n) is 4.73. The van der Waals surface area contributed by atoms with Gasteiger partial charge in [-0.05, 0) is 55.5 Å². The van der Waals surface area contributed by atoms with E-state index in [-0.39, 0.29) is 18.1 Å². The molecule has 1 N–H and O–H groups in total. The van der Waals surface area contributed by atoms with Gasteiger partial charge in [-0.3, -0.25) is 9.59 Å². The molecule has 0 radical (unpaired) electrons. The molecule has 0 bridgehead atoms. The summed E-state index contributed by atoms with van der Waals surface area (Å²) in [6.07, 6.45) is 0. The monoisotopic (exact) mass is 527 g/mol. The molecule has 1 amide bonds. The number of anilines is 1. The van der Waals surface area contributed by atoms with Gasteiger partial charge >= 0.3 is 0 Å². The van der Waals surface area contributed by atoms with Crippen LogP contribution in [0.15, 0.2) is 75.6 Å². The van der Waals surface area contributed by atoms with Gasteiger partial charge in [0.05, 0.1) is 17.3 Å². The number of carbonyl (C=O) groups is 2. The Morgan fingerprint density at radius 1 is 1.03 bits per heavy atom. The van der Waals surface area contributed by atoms with Crippen molar-refractivity contribution in [2.45, 2.75) is 6.92 Å². The molecule has 0 saturated carbocycles. The van der Waals surface area contributed by atoms with Gasteiger partial charge in [0, 0.05) is 15.4 Å². The van der Waals surface area contributed by atoms with Crippen LogP contribution in [0.2, 0.25) is 5.02 Å². The molecule has 1 heterocycles. The molecule has 4 aromatic rings. The molecule has 3 aromatic carbocycles. The van der Waals surface area contributed by atoms with Gasteiger partial charge in [0.15, 0.2) is 12.4 Å². The van der Waals surface area contributed by atoms with Crippen molar-refractivity contribution in [3.05, 3.63) is 87.5 Å². The van der Waals surface area contributed by atoms with Crippen LogP contribution in [0, 0.1) is 0 Å². The van der Waals surface area contributed by atoms with Crippen molar-refractivity contribution in [1.29, 1.82) is 0 Å². The predicted molar refractivity (Wildman–Crippen MR) is 131 cm³/mol. The lowest BCUT2D eigenvalue weighted by Gasteiger charge is -2.09. The van der Waals surface area contributed by atoms with E-state index in [9.17, 15) is 9.59 Å². The average molecular weight is 529 g/mol. The first-order valence-corrected chi connectivity index (χ1v) is 11.3. The highest BCUT2D eigenvalue weighted by molar-refractivity contribution is 9.10. The molecule has 0 unspecified atom stereocenters. The molecule has 0 atom stereocenters. The number of rotatable bonds is 8. The smallest absolute Gasteiger partial charge is 0.262 e. The Balaban J connectivity index is 1.61. The lowest BCUT2D eigenvalue weighted by Crippen LogP contribution is -2.21. The molecule has 168 valence electrons. The lowest BCUT2D eigenvalue weighted by molar-refractivity contribution is -0.118. The van der Waals surface area contributed by atoms with Gasteiger partial charge in [-0.25, -0.2) is 0 Å². The van der Waals surface area contributed by atoms with Crippen LogP contribution in [-0.4, -0.2) is 24.9 Å². The Labute approximate surface area is 203 Å². The Morgan fingerprint density at radius 3 is 2.61 bits per heavy atom. The highest BCUT2D eigenvalue weighted by Gasteiger charge is 2.24. The van der Waals surface area contributed by atoms with Gasteiger partial charge < -0.3 is 19.2 Å². The van der Waals surface area contributed by atoms with Crippen molar-refractivity contribution in [1.82, 2.24) is 0 Å². The van der Waals surface area contributed by atoms with Gasteiger partial charge in [-0.1, -0.05) is 45.7 Å². The number of ether oxygens (including phenoxy) is 2. The summed E-state index contributed by atoms with van der Waals surface area (Å²) in [5, 5.41) is 3.68. The number of carbonyl (C=O) groups excluding carboxylic acids is 2. The van der Waals surface area contributed by atoms with E-state index in [1.165, 1.54) is 6.07 Å². The van der Waals surface area contributed by atoms with Gasteiger partial charge in [0.2, 0.25) is 5.78 Å². The Kier molecular flexibility index (Phi) is 7.01. The van der Waals surface area contributed by atoms with Crippen LogP contribution >= 0.6 is 27.5 Å². The van der Waals surface area contributed by atoms with E-state index in [4.69, 9.17) is 25.5 Å². The number of nitrogens with one attached hydrogen (secondary N) is 1. The maximum atomic E-state index is 13.3. The summed E-state index contributed by atoms with van der Waals surface area (Å²) in [5.41, 5.74) is 1.06. The Morgan fingerprint density at radius 2 is 1.85 bits per heavy atom. The maximum absolute atomic E-state index is 13.3. The number of benzene rings is 3. The van der Waals surface area contributed by atoms with Crippen LogP contribution in [0.3, 0.4) is 0 Å². The maximum Gasteiger partial charge on any atom is 0.262 e. The van der Waals surface area contributed by atoms with E-state index in [1.54, 1.807) is 54.6 Å². The number of furan rings is 1. The number of halogens is 2. The molecule has 0 spiro atoms. The van der Waals surface area contributed by atoms with Crippen molar-refractivity contribution in [2.24, 2.45) is 0 Å². The third kappa shape index (κ3) is 5.21. The predicted octanol–water partition coefficient (Wildman–Crippen LogP) is 6.50. The zero-order valence-corrected chi connectivity index (χ0v) is 19.9. The molecule has 0 aliphatic carbocycles. The van der Waals surface area contributed by atoms with Crippen LogP contribution in [0.5, 0.6) is 11.5 Å². The van der Waals surface area contributed by atoms with E-state index in [2.05, 4.69) is 21.2 Å². The molecule has 33 heavy (non-hydrogen) atoms. The molecular formula is C25H19BrClNO5. The van der Waals surface area contributed by atoms with E-state index in [0.717, 1.165) is 4.47 Å². The minimum atomic E-state index is -0.430. The van der Waals surface area contributed by atoms with Crippen LogP contribution in [-0.2, 0) is 4.79 Å². The number of hydrogen-bond acceptors (Lipinski definition) is 5. The molecule has 0 saturated heterocycles. The SMILES string of the molecule is CCOc1ccc(C(=O)c2oc3ccccc3c2NC(=O)COc2cccc(Br)c2)cc1Cl. The van der Waals surface area contributed by atoms with Crippen molar-refractivity contribution in [2.75, 3.05) is 18.5 Å². The summed E-state index contributed by atoms with van der Waals surface area (Å²) in [6.45, 7) is 2.06. The van der Waals surface area contributed by atoms with Gasteiger partial charge in [-0.2, -0.15) is 0 Å². The van der Waals surface area contributed by atoms with E-state index in [1.807, 2.05) is 13.0 Å². The first kappa shape index (κ1) is 22.9. The van der Waals surface area contributed by atoms with E-state index >= 15 is 0 Å². The van der Waals surface area contributed by atoms with Crippen LogP contribution in [0.25, 0.3) is 11.0 Å². The van der Waals surface area contributed by atoms with E-state index in [0.29, 0.717) is 39.7 Å². The van der Waals surface area contributed by atoms with Crippen molar-refractivity contribution in [3.8, 4) is 11.5 Å². The zero-order valence-electron chi connectivity index (χ0n) is 17.6. The van der Waals surface area contributed by atoms with Crippen LogP contribution < -0.4 is 14.8 Å². The summed E-state index contributed by atoms with van der Waals surface area (Å²) >= 11 is 9.62. The fourth-order valence-electron chi connectivity index (χ4n) is 3.26. The second-order valence-corrected chi connectivity index (χ2v) is 8.33. The molecule has 4 rings (SSSR count). The summed E-state index contributed by atoms with van der Waals surface area (Å²) in [7, 11) is 0. The fraction of sp³-hybridized carbons (Fsp3) is 0.120. The van der Waals surface area contributed by atoms with Gasteiger partial charge in [0.1, 0.15) is 17.1 Å². The normalized spacial score (nSPS) is 10.8. The molecular weight excluding hydrogens is 510 g/mol. The summed E-state index contributed by atoms with van der Waals surface area (Å²) in [4.78, 5) is 25.9. The largest absolute Gasteiger partial charge is 0.492 e. The van der Waals surface area contributed by atoms with Gasteiger partial charge in [-0.15, -0.1) is 0 Å². The highest BCUT2D eigenvalue weighted by atomic mass is 79.9.